The van der Waals surface area contributed by atoms with Crippen molar-refractivity contribution in [3.8, 4) is 11.5 Å². The summed E-state index contributed by atoms with van der Waals surface area (Å²) in [5.74, 6) is 0.568. The fraction of sp³-hybridized carbons (Fsp3) is 0.300. The van der Waals surface area contributed by atoms with Crippen LogP contribution in [0.2, 0.25) is 0 Å². The van der Waals surface area contributed by atoms with E-state index in [4.69, 9.17) is 9.47 Å². The molecule has 0 aliphatic rings. The number of carbonyl (C=O) groups excluding carboxylic acids is 2. The Morgan fingerprint density at radius 3 is 2.58 bits per heavy atom. The van der Waals surface area contributed by atoms with Crippen LogP contribution in [-0.2, 0) is 19.5 Å². The molecule has 2 heterocycles. The quantitative estimate of drug-likeness (QED) is 0.242. The van der Waals surface area contributed by atoms with Gasteiger partial charge in [0.05, 0.1) is 27.3 Å². The predicted octanol–water partition coefficient (Wildman–Crippen LogP) is 5.17. The molecule has 0 atom stereocenters. The van der Waals surface area contributed by atoms with Crippen molar-refractivity contribution >= 4 is 23.2 Å². The summed E-state index contributed by atoms with van der Waals surface area (Å²) in [5.41, 5.74) is 2.79. The zero-order valence-electron chi connectivity index (χ0n) is 22.9. The number of hydrogen-bond acceptors (Lipinski definition) is 6. The zero-order chi connectivity index (χ0) is 28.5. The highest BCUT2D eigenvalue weighted by molar-refractivity contribution is 7.09. The minimum absolute atomic E-state index is 0.143. The zero-order valence-corrected chi connectivity index (χ0v) is 23.7. The second kappa shape index (κ2) is 13.7. The smallest absolute Gasteiger partial charge is 0.270 e. The lowest BCUT2D eigenvalue weighted by atomic mass is 10.1. The summed E-state index contributed by atoms with van der Waals surface area (Å²) in [5, 5.41) is 5.47. The second-order valence-corrected chi connectivity index (χ2v) is 10.1. The molecule has 210 valence electrons. The van der Waals surface area contributed by atoms with Gasteiger partial charge in [-0.3, -0.25) is 9.59 Å². The summed E-state index contributed by atoms with van der Waals surface area (Å²) < 4.78 is 26.0. The van der Waals surface area contributed by atoms with Crippen molar-refractivity contribution in [2.45, 2.75) is 32.9 Å². The van der Waals surface area contributed by atoms with Crippen LogP contribution in [0, 0.1) is 5.82 Å². The molecule has 4 aromatic rings. The first-order valence-corrected chi connectivity index (χ1v) is 13.9. The Hall–Kier alpha value is -4.18. The molecule has 2 aromatic carbocycles. The number of halogens is 1. The van der Waals surface area contributed by atoms with Gasteiger partial charge in [0.2, 0.25) is 0 Å². The largest absolute Gasteiger partial charge is 0.493 e. The van der Waals surface area contributed by atoms with E-state index in [-0.39, 0.29) is 17.6 Å². The Balaban J connectivity index is 1.35. The molecule has 0 aliphatic heterocycles. The molecule has 0 saturated carbocycles. The maximum Gasteiger partial charge on any atom is 0.270 e. The van der Waals surface area contributed by atoms with Crippen LogP contribution in [0.15, 0.2) is 66.2 Å². The molecule has 0 spiro atoms. The Labute approximate surface area is 237 Å². The van der Waals surface area contributed by atoms with Gasteiger partial charge in [-0.15, -0.1) is 11.3 Å². The lowest BCUT2D eigenvalue weighted by Crippen LogP contribution is -2.32. The van der Waals surface area contributed by atoms with E-state index in [9.17, 15) is 14.0 Å². The summed E-state index contributed by atoms with van der Waals surface area (Å²) in [6, 6.07) is 15.2. The number of methoxy groups -OCH3 is 2. The lowest BCUT2D eigenvalue weighted by Gasteiger charge is -2.23. The lowest BCUT2D eigenvalue weighted by molar-refractivity contribution is 0.0739. The minimum atomic E-state index is -0.373. The molecule has 0 saturated heterocycles. The summed E-state index contributed by atoms with van der Waals surface area (Å²) in [6.07, 6.45) is 3.37. The second-order valence-electron chi connectivity index (χ2n) is 9.18. The van der Waals surface area contributed by atoms with Gasteiger partial charge in [0, 0.05) is 35.9 Å². The molecule has 0 radical (unpaired) electrons. The van der Waals surface area contributed by atoms with E-state index in [2.05, 4.69) is 10.3 Å². The average Bonchev–Trinajstić information content (AvgIpc) is 3.62. The van der Waals surface area contributed by atoms with Crippen molar-refractivity contribution in [3.05, 3.63) is 99.5 Å². The van der Waals surface area contributed by atoms with Gasteiger partial charge in [-0.25, -0.2) is 9.37 Å². The van der Waals surface area contributed by atoms with E-state index in [0.717, 1.165) is 22.7 Å². The number of rotatable bonds is 13. The van der Waals surface area contributed by atoms with Crippen molar-refractivity contribution in [2.24, 2.45) is 0 Å². The number of nitrogens with one attached hydrogen (secondary N) is 1. The highest BCUT2D eigenvalue weighted by atomic mass is 32.1. The third-order valence-electron chi connectivity index (χ3n) is 6.39. The number of ether oxygens (including phenoxy) is 2. The van der Waals surface area contributed by atoms with Crippen molar-refractivity contribution in [1.29, 1.82) is 0 Å². The Morgan fingerprint density at radius 2 is 1.85 bits per heavy atom. The van der Waals surface area contributed by atoms with Crippen molar-refractivity contribution in [1.82, 2.24) is 19.8 Å². The summed E-state index contributed by atoms with van der Waals surface area (Å²) in [4.78, 5) is 32.1. The first kappa shape index (κ1) is 28.8. The van der Waals surface area contributed by atoms with Gasteiger partial charge >= 0.3 is 0 Å². The first-order valence-electron chi connectivity index (χ1n) is 13.0. The molecule has 2 amide bonds. The monoisotopic (exact) mass is 564 g/mol. The molecule has 0 unspecified atom stereocenters. The normalized spacial score (nSPS) is 10.8. The van der Waals surface area contributed by atoms with E-state index in [0.29, 0.717) is 55.4 Å². The molecule has 40 heavy (non-hydrogen) atoms. The van der Waals surface area contributed by atoms with E-state index in [1.54, 1.807) is 24.5 Å². The van der Waals surface area contributed by atoms with Gasteiger partial charge in [0.15, 0.2) is 11.5 Å². The van der Waals surface area contributed by atoms with E-state index in [1.807, 2.05) is 48.0 Å². The Morgan fingerprint density at radius 1 is 1.07 bits per heavy atom. The molecule has 8 nitrogen and oxygen atoms in total. The standard InChI is InChI=1S/C30H33FN4O4S/c1-4-15-35(30(37)22-8-10-23(31)11-9-22)18-24-6-5-16-34(24)19-28-33-25(20-40-28)29(36)32-14-13-21-7-12-26(38-2)27(17-21)39-3/h5-12,16-17,20H,4,13-15,18-19H2,1-3H3,(H,32,36). The van der Waals surface area contributed by atoms with E-state index >= 15 is 0 Å². The number of aromatic nitrogens is 2. The van der Waals surface area contributed by atoms with Crippen molar-refractivity contribution in [2.75, 3.05) is 27.3 Å². The van der Waals surface area contributed by atoms with Crippen LogP contribution >= 0.6 is 11.3 Å². The van der Waals surface area contributed by atoms with E-state index in [1.165, 1.54) is 35.6 Å². The maximum absolute atomic E-state index is 13.3. The number of amides is 2. The number of benzene rings is 2. The highest BCUT2D eigenvalue weighted by Crippen LogP contribution is 2.27. The van der Waals surface area contributed by atoms with Gasteiger partial charge in [0.1, 0.15) is 16.5 Å². The van der Waals surface area contributed by atoms with Gasteiger partial charge in [-0.1, -0.05) is 13.0 Å². The number of carbonyl (C=O) groups is 2. The summed E-state index contributed by atoms with van der Waals surface area (Å²) in [7, 11) is 3.18. The fourth-order valence-corrected chi connectivity index (χ4v) is 5.09. The maximum atomic E-state index is 13.3. The van der Waals surface area contributed by atoms with Crippen molar-refractivity contribution in [3.63, 3.8) is 0 Å². The van der Waals surface area contributed by atoms with Crippen LogP contribution in [0.1, 0.15) is 50.5 Å². The first-order chi connectivity index (χ1) is 19.4. The topological polar surface area (TPSA) is 85.7 Å². The molecule has 0 aliphatic carbocycles. The van der Waals surface area contributed by atoms with Crippen LogP contribution in [0.3, 0.4) is 0 Å². The van der Waals surface area contributed by atoms with Gasteiger partial charge in [-0.2, -0.15) is 0 Å². The minimum Gasteiger partial charge on any atom is -0.493 e. The van der Waals surface area contributed by atoms with E-state index < -0.39 is 0 Å². The van der Waals surface area contributed by atoms with Gasteiger partial charge in [-0.05, 0) is 66.9 Å². The number of thiazole rings is 1. The highest BCUT2D eigenvalue weighted by Gasteiger charge is 2.18. The molecular weight excluding hydrogens is 531 g/mol. The predicted molar refractivity (Wildman–Crippen MR) is 153 cm³/mol. The third kappa shape index (κ3) is 7.26. The van der Waals surface area contributed by atoms with Crippen LogP contribution in [0.5, 0.6) is 11.5 Å². The van der Waals surface area contributed by atoms with Crippen LogP contribution < -0.4 is 14.8 Å². The molecular formula is C30H33FN4O4S. The Kier molecular flexibility index (Phi) is 9.91. The molecule has 10 heteroatoms. The average molecular weight is 565 g/mol. The van der Waals surface area contributed by atoms with Crippen molar-refractivity contribution < 1.29 is 23.5 Å². The third-order valence-corrected chi connectivity index (χ3v) is 7.22. The summed E-state index contributed by atoms with van der Waals surface area (Å²) in [6.45, 7) is 3.94. The molecule has 4 rings (SSSR count). The van der Waals surface area contributed by atoms with Crippen LogP contribution in [-0.4, -0.2) is 53.6 Å². The molecule has 0 bridgehead atoms. The van der Waals surface area contributed by atoms with Gasteiger partial charge in [0.25, 0.3) is 11.8 Å². The van der Waals surface area contributed by atoms with Crippen LogP contribution in [0.4, 0.5) is 4.39 Å². The number of hydrogen-bond donors (Lipinski definition) is 1. The summed E-state index contributed by atoms with van der Waals surface area (Å²) >= 11 is 1.42. The van der Waals surface area contributed by atoms with Gasteiger partial charge < -0.3 is 24.3 Å². The van der Waals surface area contributed by atoms with Crippen LogP contribution in [0.25, 0.3) is 0 Å². The molecule has 2 aromatic heterocycles. The number of nitrogens with zero attached hydrogens (tertiary/aromatic N) is 3. The molecule has 1 N–H and O–H groups in total. The molecule has 0 fully saturated rings. The fourth-order valence-electron chi connectivity index (χ4n) is 4.32. The SMILES string of the molecule is CCCN(Cc1cccn1Cc1nc(C(=O)NCCc2ccc(OC)c(OC)c2)cs1)C(=O)c1ccc(F)cc1. The Bertz CT molecular complexity index is 1430.